The summed E-state index contributed by atoms with van der Waals surface area (Å²) in [6, 6.07) is 3.49. The van der Waals surface area contributed by atoms with Crippen LogP contribution < -0.4 is 14.8 Å². The number of carbonyl (C=O) groups is 1. The first-order valence-corrected chi connectivity index (χ1v) is 6.95. The van der Waals surface area contributed by atoms with E-state index in [-0.39, 0.29) is 12.6 Å². The molecule has 0 fully saturated rings. The number of carbonyl (C=O) groups excluding carboxylic acids is 1. The number of hydrogen-bond acceptors (Lipinski definition) is 5. The quantitative estimate of drug-likeness (QED) is 0.784. The number of nitrogens with one attached hydrogen (secondary N) is 1. The Labute approximate surface area is 130 Å². The second-order valence-corrected chi connectivity index (χ2v) is 5.73. The summed E-state index contributed by atoms with van der Waals surface area (Å²) in [6.45, 7) is 4.28. The number of hydrogen-bond donors (Lipinski definition) is 1. The first-order chi connectivity index (χ1) is 9.85. The molecule has 0 unspecified atom stereocenters. The number of benzene rings is 1. The van der Waals surface area contributed by atoms with Crippen molar-refractivity contribution in [3.63, 3.8) is 0 Å². The lowest BCUT2D eigenvalue weighted by atomic mass is 9.95. The first-order valence-electron chi connectivity index (χ1n) is 6.58. The van der Waals surface area contributed by atoms with Crippen molar-refractivity contribution in [2.75, 3.05) is 27.9 Å². The SMILES string of the molecule is CNCc1cc(Cl)cc(OC)c1OCC(C)(C)C(=O)OC. The maximum absolute atomic E-state index is 11.7. The summed E-state index contributed by atoms with van der Waals surface area (Å²) < 4.78 is 15.9. The summed E-state index contributed by atoms with van der Waals surface area (Å²) in [5, 5.41) is 3.61. The van der Waals surface area contributed by atoms with Crippen LogP contribution in [0, 0.1) is 5.41 Å². The Balaban J connectivity index is 3.03. The Kier molecular flexibility index (Phi) is 6.30. The standard InChI is InChI=1S/C15H22ClNO4/c1-15(2,14(18)20-5)9-21-13-10(8-17-3)6-11(16)7-12(13)19-4/h6-7,17H,8-9H2,1-5H3. The number of esters is 1. The molecule has 1 rings (SSSR count). The molecule has 6 heteroatoms. The van der Waals surface area contributed by atoms with E-state index in [1.807, 2.05) is 7.05 Å². The van der Waals surface area contributed by atoms with Crippen molar-refractivity contribution in [1.82, 2.24) is 5.32 Å². The summed E-state index contributed by atoms with van der Waals surface area (Å²) in [6.07, 6.45) is 0. The molecule has 0 aliphatic carbocycles. The summed E-state index contributed by atoms with van der Waals surface area (Å²) in [4.78, 5) is 11.7. The van der Waals surface area contributed by atoms with Gasteiger partial charge in [-0.15, -0.1) is 0 Å². The minimum Gasteiger partial charge on any atom is -0.493 e. The molecule has 0 heterocycles. The van der Waals surface area contributed by atoms with Gasteiger partial charge in [-0.2, -0.15) is 0 Å². The van der Waals surface area contributed by atoms with Gasteiger partial charge in [0.1, 0.15) is 6.61 Å². The molecule has 118 valence electrons. The average molecular weight is 316 g/mol. The first kappa shape index (κ1) is 17.6. The van der Waals surface area contributed by atoms with Gasteiger partial charge in [-0.05, 0) is 27.0 Å². The van der Waals surface area contributed by atoms with Crippen LogP contribution in [0.2, 0.25) is 5.02 Å². The zero-order valence-corrected chi connectivity index (χ0v) is 13.8. The molecule has 0 aliphatic heterocycles. The Morgan fingerprint density at radius 1 is 1.33 bits per heavy atom. The van der Waals surface area contributed by atoms with Crippen LogP contribution in [0.25, 0.3) is 0 Å². The van der Waals surface area contributed by atoms with Crippen molar-refractivity contribution in [2.24, 2.45) is 5.41 Å². The van der Waals surface area contributed by atoms with E-state index < -0.39 is 5.41 Å². The van der Waals surface area contributed by atoms with E-state index in [9.17, 15) is 4.79 Å². The topological polar surface area (TPSA) is 56.8 Å². The maximum atomic E-state index is 11.7. The molecule has 0 amide bonds. The van der Waals surface area contributed by atoms with Gasteiger partial charge in [-0.3, -0.25) is 4.79 Å². The summed E-state index contributed by atoms with van der Waals surface area (Å²) in [7, 11) is 4.74. The molecule has 1 N–H and O–H groups in total. The van der Waals surface area contributed by atoms with Gasteiger partial charge >= 0.3 is 5.97 Å². The molecule has 5 nitrogen and oxygen atoms in total. The maximum Gasteiger partial charge on any atom is 0.314 e. The predicted octanol–water partition coefficient (Wildman–Crippen LogP) is 2.65. The van der Waals surface area contributed by atoms with Crippen LogP contribution in [0.15, 0.2) is 12.1 Å². The van der Waals surface area contributed by atoms with E-state index >= 15 is 0 Å². The fraction of sp³-hybridized carbons (Fsp3) is 0.533. The molecular formula is C15H22ClNO4. The molecule has 21 heavy (non-hydrogen) atoms. The zero-order chi connectivity index (χ0) is 16.0. The Bertz CT molecular complexity index is 503. The van der Waals surface area contributed by atoms with E-state index in [0.717, 1.165) is 5.56 Å². The number of rotatable bonds is 7. The molecule has 0 spiro atoms. The van der Waals surface area contributed by atoms with Crippen LogP contribution in [0.5, 0.6) is 11.5 Å². The van der Waals surface area contributed by atoms with Crippen molar-refractivity contribution >= 4 is 17.6 Å². The summed E-state index contributed by atoms with van der Waals surface area (Å²) in [5.41, 5.74) is 0.110. The third kappa shape index (κ3) is 4.51. The molecule has 0 bridgehead atoms. The summed E-state index contributed by atoms with van der Waals surface area (Å²) in [5.74, 6) is 0.784. The molecule has 1 aromatic rings. The largest absolute Gasteiger partial charge is 0.493 e. The molecule has 0 saturated heterocycles. The number of halogens is 1. The van der Waals surface area contributed by atoms with Crippen LogP contribution in [0.4, 0.5) is 0 Å². The number of methoxy groups -OCH3 is 2. The fourth-order valence-electron chi connectivity index (χ4n) is 1.85. The van der Waals surface area contributed by atoms with Crippen LogP contribution in [0.3, 0.4) is 0 Å². The normalized spacial score (nSPS) is 11.1. The highest BCUT2D eigenvalue weighted by Gasteiger charge is 2.30. The number of ether oxygens (including phenoxy) is 3. The lowest BCUT2D eigenvalue weighted by Gasteiger charge is -2.23. The monoisotopic (exact) mass is 315 g/mol. The lowest BCUT2D eigenvalue weighted by molar-refractivity contribution is -0.152. The molecule has 0 atom stereocenters. The van der Waals surface area contributed by atoms with Gasteiger partial charge in [0.25, 0.3) is 0 Å². The Hall–Kier alpha value is -1.46. The van der Waals surface area contributed by atoms with Crippen LogP contribution in [-0.4, -0.2) is 33.8 Å². The highest BCUT2D eigenvalue weighted by molar-refractivity contribution is 6.30. The van der Waals surface area contributed by atoms with E-state index in [1.54, 1.807) is 33.1 Å². The zero-order valence-electron chi connectivity index (χ0n) is 13.1. The van der Waals surface area contributed by atoms with Crippen LogP contribution >= 0.6 is 11.6 Å². The van der Waals surface area contributed by atoms with Gasteiger partial charge in [0.05, 0.1) is 19.6 Å². The highest BCUT2D eigenvalue weighted by atomic mass is 35.5. The van der Waals surface area contributed by atoms with Crippen molar-refractivity contribution in [1.29, 1.82) is 0 Å². The van der Waals surface area contributed by atoms with Crippen LogP contribution in [-0.2, 0) is 16.1 Å². The smallest absolute Gasteiger partial charge is 0.314 e. The second kappa shape index (κ2) is 7.52. The highest BCUT2D eigenvalue weighted by Crippen LogP contribution is 2.36. The molecule has 0 saturated carbocycles. The van der Waals surface area contributed by atoms with Gasteiger partial charge in [0.2, 0.25) is 0 Å². The molecule has 0 radical (unpaired) electrons. The minimum absolute atomic E-state index is 0.175. The van der Waals surface area contributed by atoms with Crippen molar-refractivity contribution in [3.8, 4) is 11.5 Å². The van der Waals surface area contributed by atoms with E-state index in [2.05, 4.69) is 5.32 Å². The summed E-state index contributed by atoms with van der Waals surface area (Å²) >= 11 is 6.06. The third-order valence-corrected chi connectivity index (χ3v) is 3.22. The van der Waals surface area contributed by atoms with Crippen molar-refractivity contribution < 1.29 is 19.0 Å². The third-order valence-electron chi connectivity index (χ3n) is 3.00. The van der Waals surface area contributed by atoms with E-state index in [0.29, 0.717) is 23.1 Å². The van der Waals surface area contributed by atoms with Crippen molar-refractivity contribution in [3.05, 3.63) is 22.7 Å². The molecular weight excluding hydrogens is 294 g/mol. The second-order valence-electron chi connectivity index (χ2n) is 5.29. The van der Waals surface area contributed by atoms with Gasteiger partial charge in [0.15, 0.2) is 11.5 Å². The molecule has 0 aromatic heterocycles. The average Bonchev–Trinajstić information content (AvgIpc) is 2.44. The lowest BCUT2D eigenvalue weighted by Crippen LogP contribution is -2.32. The predicted molar refractivity (Wildman–Crippen MR) is 82.1 cm³/mol. The van der Waals surface area contributed by atoms with Crippen LogP contribution in [0.1, 0.15) is 19.4 Å². The minimum atomic E-state index is -0.754. The van der Waals surface area contributed by atoms with Crippen molar-refractivity contribution in [2.45, 2.75) is 20.4 Å². The Morgan fingerprint density at radius 3 is 2.52 bits per heavy atom. The van der Waals surface area contributed by atoms with Gasteiger partial charge in [-0.1, -0.05) is 11.6 Å². The molecule has 1 aromatic carbocycles. The van der Waals surface area contributed by atoms with Gasteiger partial charge < -0.3 is 19.5 Å². The van der Waals surface area contributed by atoms with E-state index in [1.165, 1.54) is 7.11 Å². The fourth-order valence-corrected chi connectivity index (χ4v) is 2.08. The van der Waals surface area contributed by atoms with Gasteiger partial charge in [0, 0.05) is 23.2 Å². The Morgan fingerprint density at radius 2 is 2.00 bits per heavy atom. The molecule has 0 aliphatic rings. The van der Waals surface area contributed by atoms with E-state index in [4.69, 9.17) is 25.8 Å². The van der Waals surface area contributed by atoms with Gasteiger partial charge in [-0.25, -0.2) is 0 Å².